The average molecular weight is 281 g/mol. The van der Waals surface area contributed by atoms with Crippen LogP contribution in [0.25, 0.3) is 0 Å². The predicted octanol–water partition coefficient (Wildman–Crippen LogP) is 1.73. The maximum atomic E-state index is 12.4. The van der Waals surface area contributed by atoms with Gasteiger partial charge in [-0.25, -0.2) is 0 Å². The Labute approximate surface area is 115 Å². The molecule has 0 radical (unpaired) electrons. The van der Waals surface area contributed by atoms with E-state index in [0.717, 1.165) is 17.1 Å². The van der Waals surface area contributed by atoms with Crippen LogP contribution < -0.4 is 0 Å². The molecule has 0 aliphatic heterocycles. The van der Waals surface area contributed by atoms with Crippen molar-refractivity contribution in [1.82, 2.24) is 14.5 Å². The average Bonchev–Trinajstić information content (AvgIpc) is 3.05. The zero-order valence-corrected chi connectivity index (χ0v) is 11.6. The molecule has 0 aliphatic rings. The number of hydrogen-bond acceptors (Lipinski definition) is 6. The molecule has 0 atom stereocenters. The van der Waals surface area contributed by atoms with Crippen molar-refractivity contribution >= 4 is 17.4 Å². The molecule has 2 aromatic heterocycles. The Kier molecular flexibility index (Phi) is 4.64. The summed E-state index contributed by atoms with van der Waals surface area (Å²) in [5.41, 5.74) is 1.60. The Balaban J connectivity index is 2.12. The minimum Gasteiger partial charge on any atom is -0.472 e. The molecule has 102 valence electrons. The number of nitrogens with zero attached hydrogens (tertiary/aromatic N) is 3. The Hall–Kier alpha value is -1.73. The highest BCUT2D eigenvalue weighted by atomic mass is 32.1. The number of methoxy groups -OCH3 is 1. The molecule has 2 rings (SSSR count). The SMILES string of the molecule is COCCN(Cc1ccoc1)C(=O)c1snnc1C. The number of hydrogen-bond donors (Lipinski definition) is 0. The predicted molar refractivity (Wildman–Crippen MR) is 70.0 cm³/mol. The van der Waals surface area contributed by atoms with Gasteiger partial charge in [-0.15, -0.1) is 5.10 Å². The smallest absolute Gasteiger partial charge is 0.267 e. The van der Waals surface area contributed by atoms with Gasteiger partial charge in [0.1, 0.15) is 4.88 Å². The van der Waals surface area contributed by atoms with E-state index >= 15 is 0 Å². The van der Waals surface area contributed by atoms with E-state index in [0.29, 0.717) is 30.3 Å². The number of rotatable bonds is 6. The van der Waals surface area contributed by atoms with E-state index in [1.54, 1.807) is 31.5 Å². The van der Waals surface area contributed by atoms with E-state index in [4.69, 9.17) is 9.15 Å². The molecule has 0 saturated carbocycles. The zero-order valence-electron chi connectivity index (χ0n) is 10.8. The highest BCUT2D eigenvalue weighted by Gasteiger charge is 2.21. The van der Waals surface area contributed by atoms with Gasteiger partial charge in [0.05, 0.1) is 24.8 Å². The summed E-state index contributed by atoms with van der Waals surface area (Å²) < 4.78 is 13.9. The lowest BCUT2D eigenvalue weighted by Crippen LogP contribution is -2.33. The molecule has 2 aromatic rings. The molecule has 1 amide bonds. The van der Waals surface area contributed by atoms with Crippen molar-refractivity contribution in [3.8, 4) is 0 Å². The Morgan fingerprint density at radius 1 is 1.58 bits per heavy atom. The third kappa shape index (κ3) is 3.39. The summed E-state index contributed by atoms with van der Waals surface area (Å²) in [6.07, 6.45) is 3.22. The molecule has 0 aromatic carbocycles. The van der Waals surface area contributed by atoms with Gasteiger partial charge in [0.15, 0.2) is 0 Å². The maximum absolute atomic E-state index is 12.4. The number of carbonyl (C=O) groups is 1. The lowest BCUT2D eigenvalue weighted by atomic mass is 10.2. The number of carbonyl (C=O) groups excluding carboxylic acids is 1. The van der Waals surface area contributed by atoms with Crippen LogP contribution in [0.4, 0.5) is 0 Å². The van der Waals surface area contributed by atoms with Gasteiger partial charge < -0.3 is 14.1 Å². The first-order valence-corrected chi connectivity index (χ1v) is 6.58. The van der Waals surface area contributed by atoms with Crippen LogP contribution in [-0.2, 0) is 11.3 Å². The van der Waals surface area contributed by atoms with Crippen molar-refractivity contribution in [1.29, 1.82) is 0 Å². The van der Waals surface area contributed by atoms with Gasteiger partial charge in [0.25, 0.3) is 5.91 Å². The highest BCUT2D eigenvalue weighted by Crippen LogP contribution is 2.15. The number of amides is 1. The van der Waals surface area contributed by atoms with Crippen molar-refractivity contribution in [3.05, 3.63) is 34.7 Å². The summed E-state index contributed by atoms with van der Waals surface area (Å²) in [6.45, 7) is 3.26. The van der Waals surface area contributed by atoms with E-state index in [9.17, 15) is 4.79 Å². The van der Waals surface area contributed by atoms with Crippen LogP contribution in [0.2, 0.25) is 0 Å². The summed E-state index contributed by atoms with van der Waals surface area (Å²) in [7, 11) is 1.61. The normalized spacial score (nSPS) is 10.6. The van der Waals surface area contributed by atoms with Gasteiger partial charge in [-0.3, -0.25) is 4.79 Å². The van der Waals surface area contributed by atoms with Gasteiger partial charge >= 0.3 is 0 Å². The summed E-state index contributed by atoms with van der Waals surface area (Å²) in [5, 5.41) is 3.87. The molecule has 0 bridgehead atoms. The largest absolute Gasteiger partial charge is 0.472 e. The van der Waals surface area contributed by atoms with Crippen LogP contribution in [0, 0.1) is 6.92 Å². The van der Waals surface area contributed by atoms with Crippen LogP contribution in [0.15, 0.2) is 23.0 Å². The Bertz CT molecular complexity index is 524. The maximum Gasteiger partial charge on any atom is 0.267 e. The first-order chi connectivity index (χ1) is 9.22. The molecular weight excluding hydrogens is 266 g/mol. The van der Waals surface area contributed by atoms with Crippen molar-refractivity contribution < 1.29 is 13.9 Å². The first-order valence-electron chi connectivity index (χ1n) is 5.80. The molecule has 0 spiro atoms. The fourth-order valence-electron chi connectivity index (χ4n) is 1.63. The number of aromatic nitrogens is 2. The molecule has 6 nitrogen and oxygen atoms in total. The fourth-order valence-corrected chi connectivity index (χ4v) is 2.25. The molecule has 0 N–H and O–H groups in total. The molecule has 19 heavy (non-hydrogen) atoms. The van der Waals surface area contributed by atoms with E-state index in [1.807, 2.05) is 6.07 Å². The van der Waals surface area contributed by atoms with Gasteiger partial charge in [-0.05, 0) is 24.5 Å². The van der Waals surface area contributed by atoms with E-state index in [2.05, 4.69) is 9.59 Å². The molecule has 2 heterocycles. The van der Waals surface area contributed by atoms with E-state index in [1.165, 1.54) is 0 Å². The second-order valence-electron chi connectivity index (χ2n) is 4.04. The summed E-state index contributed by atoms with van der Waals surface area (Å²) in [4.78, 5) is 14.7. The van der Waals surface area contributed by atoms with E-state index in [-0.39, 0.29) is 5.91 Å². The van der Waals surface area contributed by atoms with Crippen LogP contribution in [0.1, 0.15) is 20.9 Å². The van der Waals surface area contributed by atoms with Gasteiger partial charge in [0, 0.05) is 25.8 Å². The highest BCUT2D eigenvalue weighted by molar-refractivity contribution is 7.07. The van der Waals surface area contributed by atoms with Gasteiger partial charge in [-0.1, -0.05) is 4.49 Å². The first kappa shape index (κ1) is 13.7. The number of furan rings is 1. The minimum atomic E-state index is -0.0780. The lowest BCUT2D eigenvalue weighted by Gasteiger charge is -2.21. The third-order valence-corrected chi connectivity index (χ3v) is 3.47. The molecule has 7 heteroatoms. The van der Waals surface area contributed by atoms with Crippen LogP contribution in [0.5, 0.6) is 0 Å². The molecule has 0 aliphatic carbocycles. The number of aryl methyl sites for hydroxylation is 1. The van der Waals surface area contributed by atoms with E-state index < -0.39 is 0 Å². The molecule has 0 fully saturated rings. The van der Waals surface area contributed by atoms with Crippen LogP contribution >= 0.6 is 11.5 Å². The van der Waals surface area contributed by atoms with Crippen molar-refractivity contribution in [2.45, 2.75) is 13.5 Å². The summed E-state index contributed by atoms with van der Waals surface area (Å²) >= 11 is 1.12. The summed E-state index contributed by atoms with van der Waals surface area (Å²) in [5.74, 6) is -0.0780. The lowest BCUT2D eigenvalue weighted by molar-refractivity contribution is 0.0684. The zero-order chi connectivity index (χ0) is 13.7. The monoisotopic (exact) mass is 281 g/mol. The van der Waals surface area contributed by atoms with Crippen LogP contribution in [0.3, 0.4) is 0 Å². The van der Waals surface area contributed by atoms with Gasteiger partial charge in [-0.2, -0.15) is 0 Å². The number of ether oxygens (including phenoxy) is 1. The van der Waals surface area contributed by atoms with Crippen LogP contribution in [-0.4, -0.2) is 40.7 Å². The third-order valence-electron chi connectivity index (χ3n) is 2.65. The second kappa shape index (κ2) is 6.44. The fraction of sp³-hybridized carbons (Fsp3) is 0.417. The summed E-state index contributed by atoms with van der Waals surface area (Å²) in [6, 6.07) is 1.84. The van der Waals surface area contributed by atoms with Crippen molar-refractivity contribution in [2.75, 3.05) is 20.3 Å². The molecule has 0 saturated heterocycles. The Morgan fingerprint density at radius 2 is 2.42 bits per heavy atom. The quantitative estimate of drug-likeness (QED) is 0.806. The Morgan fingerprint density at radius 3 is 3.00 bits per heavy atom. The molecular formula is C12H15N3O3S. The standard InChI is InChI=1S/C12H15N3O3S/c1-9-11(19-14-13-9)12(16)15(4-6-17-2)7-10-3-5-18-8-10/h3,5,8H,4,6-7H2,1-2H3. The van der Waals surface area contributed by atoms with Gasteiger partial charge in [0.2, 0.25) is 0 Å². The van der Waals surface area contributed by atoms with Crippen molar-refractivity contribution in [2.24, 2.45) is 0 Å². The minimum absolute atomic E-state index is 0.0780. The second-order valence-corrected chi connectivity index (χ2v) is 4.79. The topological polar surface area (TPSA) is 68.5 Å². The molecule has 0 unspecified atom stereocenters. The van der Waals surface area contributed by atoms with Crippen molar-refractivity contribution in [3.63, 3.8) is 0 Å².